The van der Waals surface area contributed by atoms with E-state index in [9.17, 15) is 4.79 Å². The molecule has 0 radical (unpaired) electrons. The van der Waals surface area contributed by atoms with E-state index in [4.69, 9.17) is 0 Å². The van der Waals surface area contributed by atoms with Crippen molar-refractivity contribution in [3.8, 4) is 0 Å². The van der Waals surface area contributed by atoms with E-state index in [0.717, 1.165) is 17.8 Å². The van der Waals surface area contributed by atoms with Crippen molar-refractivity contribution in [2.24, 2.45) is 0 Å². The summed E-state index contributed by atoms with van der Waals surface area (Å²) in [5, 5.41) is 8.42. The third kappa shape index (κ3) is 2.87. The number of hydrogen-bond donors (Lipinski definition) is 2. The standard InChI is InChI=1S/C13H15N3OS/c1-3-14-11-5-4-9(2)8-10(11)12(17)16-13-15-6-7-18-13/h4-8,14H,3H2,1-2H3,(H,15,16,17). The second kappa shape index (κ2) is 5.64. The van der Waals surface area contributed by atoms with Gasteiger partial charge >= 0.3 is 0 Å². The zero-order chi connectivity index (χ0) is 13.0. The molecule has 0 bridgehead atoms. The van der Waals surface area contributed by atoms with Crippen molar-refractivity contribution < 1.29 is 4.79 Å². The molecule has 0 saturated carbocycles. The number of thiazole rings is 1. The monoisotopic (exact) mass is 261 g/mol. The SMILES string of the molecule is CCNc1ccc(C)cc1C(=O)Nc1nccs1. The van der Waals surface area contributed by atoms with Crippen molar-refractivity contribution in [3.05, 3.63) is 40.9 Å². The van der Waals surface area contributed by atoms with Gasteiger partial charge in [0.25, 0.3) is 5.91 Å². The highest BCUT2D eigenvalue weighted by Gasteiger charge is 2.12. The summed E-state index contributed by atoms with van der Waals surface area (Å²) < 4.78 is 0. The van der Waals surface area contributed by atoms with Crippen molar-refractivity contribution in [2.75, 3.05) is 17.2 Å². The molecule has 4 nitrogen and oxygen atoms in total. The summed E-state index contributed by atoms with van der Waals surface area (Å²) in [6.07, 6.45) is 1.67. The Balaban J connectivity index is 2.25. The number of nitrogens with one attached hydrogen (secondary N) is 2. The quantitative estimate of drug-likeness (QED) is 0.889. The maximum Gasteiger partial charge on any atom is 0.259 e. The molecule has 0 aliphatic carbocycles. The number of rotatable bonds is 4. The van der Waals surface area contributed by atoms with Crippen LogP contribution in [0.15, 0.2) is 29.8 Å². The minimum absolute atomic E-state index is 0.135. The molecule has 0 saturated heterocycles. The van der Waals surface area contributed by atoms with Gasteiger partial charge in [-0.15, -0.1) is 11.3 Å². The van der Waals surface area contributed by atoms with Crippen LogP contribution in [0.3, 0.4) is 0 Å². The van der Waals surface area contributed by atoms with Crippen LogP contribution in [0.25, 0.3) is 0 Å². The van der Waals surface area contributed by atoms with Crippen LogP contribution in [0.4, 0.5) is 10.8 Å². The molecule has 2 N–H and O–H groups in total. The van der Waals surface area contributed by atoms with Gasteiger partial charge in [0.2, 0.25) is 0 Å². The number of hydrogen-bond acceptors (Lipinski definition) is 4. The summed E-state index contributed by atoms with van der Waals surface area (Å²) in [5.41, 5.74) is 2.55. The van der Waals surface area contributed by atoms with E-state index in [-0.39, 0.29) is 5.91 Å². The second-order valence-electron chi connectivity index (χ2n) is 3.87. The van der Waals surface area contributed by atoms with Crippen molar-refractivity contribution in [3.63, 3.8) is 0 Å². The third-order valence-corrected chi connectivity index (χ3v) is 3.13. The molecule has 0 unspecified atom stereocenters. The minimum Gasteiger partial charge on any atom is -0.385 e. The maximum atomic E-state index is 12.2. The van der Waals surface area contributed by atoms with Gasteiger partial charge < -0.3 is 5.32 Å². The number of amides is 1. The number of carbonyl (C=O) groups is 1. The normalized spacial score (nSPS) is 10.1. The van der Waals surface area contributed by atoms with E-state index >= 15 is 0 Å². The number of benzene rings is 1. The van der Waals surface area contributed by atoms with Crippen LogP contribution in [0, 0.1) is 6.92 Å². The molecule has 18 heavy (non-hydrogen) atoms. The molecular weight excluding hydrogens is 246 g/mol. The number of aromatic nitrogens is 1. The van der Waals surface area contributed by atoms with Gasteiger partial charge in [-0.05, 0) is 26.0 Å². The predicted octanol–water partition coefficient (Wildman–Crippen LogP) is 3.14. The van der Waals surface area contributed by atoms with E-state index in [1.54, 1.807) is 6.20 Å². The zero-order valence-electron chi connectivity index (χ0n) is 10.4. The lowest BCUT2D eigenvalue weighted by Gasteiger charge is -2.10. The smallest absolute Gasteiger partial charge is 0.259 e. The van der Waals surface area contributed by atoms with Gasteiger partial charge in [-0.25, -0.2) is 4.98 Å². The Morgan fingerprint density at radius 2 is 2.28 bits per heavy atom. The molecule has 0 aliphatic rings. The lowest BCUT2D eigenvalue weighted by Crippen LogP contribution is -2.14. The Morgan fingerprint density at radius 3 is 2.94 bits per heavy atom. The first kappa shape index (κ1) is 12.6. The molecule has 5 heteroatoms. The van der Waals surface area contributed by atoms with Crippen molar-refractivity contribution in [1.82, 2.24) is 4.98 Å². The summed E-state index contributed by atoms with van der Waals surface area (Å²) in [7, 11) is 0. The first-order valence-electron chi connectivity index (χ1n) is 5.76. The first-order valence-corrected chi connectivity index (χ1v) is 6.64. The highest BCUT2D eigenvalue weighted by molar-refractivity contribution is 7.13. The molecule has 1 aromatic carbocycles. The second-order valence-corrected chi connectivity index (χ2v) is 4.77. The highest BCUT2D eigenvalue weighted by atomic mass is 32.1. The van der Waals surface area contributed by atoms with Crippen LogP contribution in [0.5, 0.6) is 0 Å². The number of aryl methyl sites for hydroxylation is 1. The van der Waals surface area contributed by atoms with E-state index in [1.807, 2.05) is 37.4 Å². The lowest BCUT2D eigenvalue weighted by atomic mass is 10.1. The lowest BCUT2D eigenvalue weighted by molar-refractivity contribution is 0.102. The van der Waals surface area contributed by atoms with E-state index in [1.165, 1.54) is 11.3 Å². The van der Waals surface area contributed by atoms with E-state index < -0.39 is 0 Å². The summed E-state index contributed by atoms with van der Waals surface area (Å²) in [6.45, 7) is 4.75. The van der Waals surface area contributed by atoms with Crippen molar-refractivity contribution >= 4 is 28.1 Å². The molecular formula is C13H15N3OS. The van der Waals surface area contributed by atoms with Crippen LogP contribution in [0.2, 0.25) is 0 Å². The van der Waals surface area contributed by atoms with Crippen LogP contribution in [-0.2, 0) is 0 Å². The fraction of sp³-hybridized carbons (Fsp3) is 0.231. The minimum atomic E-state index is -0.135. The van der Waals surface area contributed by atoms with Crippen molar-refractivity contribution in [1.29, 1.82) is 0 Å². The Labute approximate surface area is 110 Å². The Morgan fingerprint density at radius 1 is 1.44 bits per heavy atom. The third-order valence-electron chi connectivity index (χ3n) is 2.44. The molecule has 0 aliphatic heterocycles. The highest BCUT2D eigenvalue weighted by Crippen LogP contribution is 2.20. The molecule has 1 aromatic heterocycles. The number of nitrogens with zero attached hydrogens (tertiary/aromatic N) is 1. The molecule has 0 fully saturated rings. The van der Waals surface area contributed by atoms with Gasteiger partial charge in [0, 0.05) is 23.8 Å². The fourth-order valence-corrected chi connectivity index (χ4v) is 2.16. The molecule has 1 heterocycles. The number of carbonyl (C=O) groups excluding carboxylic acids is 1. The summed E-state index contributed by atoms with van der Waals surface area (Å²) in [4.78, 5) is 16.2. The molecule has 0 spiro atoms. The van der Waals surface area contributed by atoms with Crippen LogP contribution >= 0.6 is 11.3 Å². The van der Waals surface area contributed by atoms with E-state index in [2.05, 4.69) is 15.6 Å². The molecule has 94 valence electrons. The first-order chi connectivity index (χ1) is 8.70. The molecule has 0 atom stereocenters. The van der Waals surface area contributed by atoms with Gasteiger partial charge in [0.1, 0.15) is 0 Å². The van der Waals surface area contributed by atoms with Crippen LogP contribution in [0.1, 0.15) is 22.8 Å². The average molecular weight is 261 g/mol. The maximum absolute atomic E-state index is 12.2. The number of anilines is 2. The van der Waals surface area contributed by atoms with Gasteiger partial charge in [-0.1, -0.05) is 11.6 Å². The van der Waals surface area contributed by atoms with Gasteiger partial charge in [0.15, 0.2) is 5.13 Å². The molecule has 2 rings (SSSR count). The van der Waals surface area contributed by atoms with Crippen molar-refractivity contribution in [2.45, 2.75) is 13.8 Å². The zero-order valence-corrected chi connectivity index (χ0v) is 11.2. The largest absolute Gasteiger partial charge is 0.385 e. The van der Waals surface area contributed by atoms with Gasteiger partial charge in [0.05, 0.1) is 5.56 Å². The Hall–Kier alpha value is -1.88. The molecule has 2 aromatic rings. The summed E-state index contributed by atoms with van der Waals surface area (Å²) in [5.74, 6) is -0.135. The van der Waals surface area contributed by atoms with Crippen LogP contribution in [-0.4, -0.2) is 17.4 Å². The Bertz CT molecular complexity index is 537. The molecule has 1 amide bonds. The fourth-order valence-electron chi connectivity index (χ4n) is 1.64. The van der Waals surface area contributed by atoms with E-state index in [0.29, 0.717) is 10.7 Å². The topological polar surface area (TPSA) is 54.0 Å². The summed E-state index contributed by atoms with van der Waals surface area (Å²) in [6, 6.07) is 5.79. The van der Waals surface area contributed by atoms with Crippen LogP contribution < -0.4 is 10.6 Å². The average Bonchev–Trinajstić information content (AvgIpc) is 2.84. The van der Waals surface area contributed by atoms with Gasteiger partial charge in [-0.3, -0.25) is 10.1 Å². The van der Waals surface area contributed by atoms with Gasteiger partial charge in [-0.2, -0.15) is 0 Å². The Kier molecular flexibility index (Phi) is 3.94. The predicted molar refractivity (Wildman–Crippen MR) is 75.4 cm³/mol. The summed E-state index contributed by atoms with van der Waals surface area (Å²) >= 11 is 1.41.